The van der Waals surface area contributed by atoms with Crippen LogP contribution in [0.15, 0.2) is 76.9 Å². The zero-order valence-electron chi connectivity index (χ0n) is 19.5. The van der Waals surface area contributed by atoms with Crippen LogP contribution in [-0.2, 0) is 26.5 Å². The fourth-order valence-corrected chi connectivity index (χ4v) is 26.0. The first-order valence-corrected chi connectivity index (χ1v) is 20.1. The van der Waals surface area contributed by atoms with E-state index in [-0.39, 0.29) is 0 Å². The van der Waals surface area contributed by atoms with Crippen LogP contribution in [-0.4, -0.2) is 5.43 Å². The minimum absolute atomic E-state index is 0.308. The van der Waals surface area contributed by atoms with Gasteiger partial charge in [0.15, 0.2) is 0 Å². The Balaban J connectivity index is 1.94. The molecule has 0 amide bonds. The third-order valence-corrected chi connectivity index (χ3v) is 27.0. The van der Waals surface area contributed by atoms with Crippen LogP contribution in [0.4, 0.5) is 13.2 Å². The van der Waals surface area contributed by atoms with Crippen LogP contribution in [0.3, 0.4) is 0 Å². The molecule has 0 fully saturated rings. The van der Waals surface area contributed by atoms with E-state index < -0.39 is 37.5 Å². The number of halogens is 3. The molecule has 2 aromatic carbocycles. The molecule has 2 aromatic rings. The second-order valence-electron chi connectivity index (χ2n) is 9.19. The van der Waals surface area contributed by atoms with Crippen LogP contribution in [0.2, 0.25) is 16.7 Å². The Bertz CT molecular complexity index is 1200. The molecule has 32 heavy (non-hydrogen) atoms. The Kier molecular flexibility index (Phi) is 6.46. The second kappa shape index (κ2) is 8.72. The Morgan fingerprint density at radius 3 is 1.88 bits per heavy atom. The average molecular weight is 530 g/mol. The number of fused-ring (bicyclic) bond motifs is 1. The summed E-state index contributed by atoms with van der Waals surface area (Å²) in [5.74, 6) is 0. The van der Waals surface area contributed by atoms with Crippen LogP contribution in [0, 0.1) is 0 Å². The van der Waals surface area contributed by atoms with E-state index in [4.69, 9.17) is 0 Å². The number of alkyl halides is 3. The maximum atomic E-state index is 13.9. The normalized spacial score (nSPS) is 18.9. The molecule has 0 saturated heterocycles. The Morgan fingerprint density at radius 2 is 1.31 bits per heavy atom. The summed E-state index contributed by atoms with van der Waals surface area (Å²) >= 11 is -2.19. The Morgan fingerprint density at radius 1 is 0.781 bits per heavy atom. The molecule has 0 radical (unpaired) electrons. The standard InChI is InChI=1S/C16H10F3.C9H13.C2H6Si.Zr/c17-16(18,19)15-8-4-3-7-14(15)13-10-9-11-5-1-2-6-12(11)13;1-6-5-7(2)9(4)8(6)3;1-3-2;/h1-10H;5H,1-4H3;1-2H3;. The van der Waals surface area contributed by atoms with Gasteiger partial charge in [0.2, 0.25) is 0 Å². The van der Waals surface area contributed by atoms with Crippen molar-refractivity contribution < 1.29 is 33.5 Å². The Hall–Kier alpha value is -1.45. The third-order valence-electron chi connectivity index (χ3n) is 7.28. The zero-order valence-corrected chi connectivity index (χ0v) is 22.9. The molecule has 166 valence electrons. The number of benzene rings is 2. The van der Waals surface area contributed by atoms with Gasteiger partial charge in [-0.1, -0.05) is 0 Å². The van der Waals surface area contributed by atoms with Gasteiger partial charge in [-0.15, -0.1) is 0 Å². The predicted molar refractivity (Wildman–Crippen MR) is 126 cm³/mol. The van der Waals surface area contributed by atoms with Crippen LogP contribution in [0.5, 0.6) is 0 Å². The van der Waals surface area contributed by atoms with E-state index >= 15 is 0 Å². The van der Waals surface area contributed by atoms with Gasteiger partial charge in [-0.25, -0.2) is 0 Å². The van der Waals surface area contributed by atoms with Crippen LogP contribution in [0.25, 0.3) is 5.57 Å². The predicted octanol–water partition coefficient (Wildman–Crippen LogP) is 8.54. The van der Waals surface area contributed by atoms with E-state index in [1.54, 1.807) is 12.1 Å². The summed E-state index contributed by atoms with van der Waals surface area (Å²) in [5, 5.41) is 0. The molecule has 2 aliphatic carbocycles. The molecule has 0 aromatic heterocycles. The summed E-state index contributed by atoms with van der Waals surface area (Å²) < 4.78 is 42.5. The summed E-state index contributed by atoms with van der Waals surface area (Å²) in [6.07, 6.45) is -2.14. The molecular formula is C27H29F3SiZr. The van der Waals surface area contributed by atoms with Crippen LogP contribution >= 0.6 is 0 Å². The van der Waals surface area contributed by atoms with Gasteiger partial charge in [-0.2, -0.15) is 0 Å². The van der Waals surface area contributed by atoms with Gasteiger partial charge in [0.1, 0.15) is 0 Å². The zero-order chi connectivity index (χ0) is 23.4. The van der Waals surface area contributed by atoms with Gasteiger partial charge in [0, 0.05) is 0 Å². The van der Waals surface area contributed by atoms with Crippen molar-refractivity contribution in [3.8, 4) is 0 Å². The first-order valence-electron chi connectivity index (χ1n) is 11.0. The van der Waals surface area contributed by atoms with Crippen LogP contribution < -0.4 is 0 Å². The van der Waals surface area contributed by atoms with Crippen molar-refractivity contribution in [3.05, 3.63) is 99.2 Å². The van der Waals surface area contributed by atoms with E-state index in [0.29, 0.717) is 12.8 Å². The first kappa shape index (κ1) is 23.7. The van der Waals surface area contributed by atoms with E-state index in [2.05, 4.69) is 52.9 Å². The molecule has 5 heteroatoms. The Labute approximate surface area is 197 Å². The molecule has 0 bridgehead atoms. The topological polar surface area (TPSA) is 0 Å². The molecule has 0 aliphatic heterocycles. The van der Waals surface area contributed by atoms with Gasteiger partial charge in [-0.3, -0.25) is 0 Å². The van der Waals surface area contributed by atoms with Crippen LogP contribution in [0.1, 0.15) is 53.6 Å². The quantitative estimate of drug-likeness (QED) is 0.350. The molecule has 0 saturated carbocycles. The van der Waals surface area contributed by atoms with E-state index in [1.807, 2.05) is 18.2 Å². The average Bonchev–Trinajstić information content (AvgIpc) is 3.21. The van der Waals surface area contributed by atoms with Gasteiger partial charge < -0.3 is 0 Å². The van der Waals surface area contributed by atoms with Gasteiger partial charge >= 0.3 is 198 Å². The fourth-order valence-electron chi connectivity index (χ4n) is 5.41. The van der Waals surface area contributed by atoms with E-state index in [0.717, 1.165) is 11.1 Å². The van der Waals surface area contributed by atoms with Crippen molar-refractivity contribution in [1.82, 2.24) is 0 Å². The van der Waals surface area contributed by atoms with Gasteiger partial charge in [-0.05, 0) is 0 Å². The second-order valence-corrected chi connectivity index (χ2v) is 27.2. The maximum absolute atomic E-state index is 13.9. The molecule has 4 rings (SSSR count). The fraction of sp³-hybridized carbons (Fsp3) is 0.333. The summed E-state index contributed by atoms with van der Waals surface area (Å²) in [5.41, 5.74) is 8.09. The monoisotopic (exact) mass is 528 g/mol. The number of rotatable bonds is 3. The molecule has 2 aliphatic rings. The van der Waals surface area contributed by atoms with Gasteiger partial charge in [0.25, 0.3) is 0 Å². The molecule has 1 unspecified atom stereocenters. The number of hydrogen-bond acceptors (Lipinski definition) is 0. The van der Waals surface area contributed by atoms with Crippen molar-refractivity contribution in [2.75, 3.05) is 0 Å². The summed E-state index contributed by atoms with van der Waals surface area (Å²) in [6.45, 7) is 13.9. The summed E-state index contributed by atoms with van der Waals surface area (Å²) in [4.78, 5) is 0. The molecular weight excluding hydrogens is 501 g/mol. The minimum atomic E-state index is -4.37. The van der Waals surface area contributed by atoms with Crippen molar-refractivity contribution >= 4 is 11.0 Å². The summed E-state index contributed by atoms with van der Waals surface area (Å²) in [7, 11) is 0. The molecule has 1 atom stereocenters. The van der Waals surface area contributed by atoms with Crippen molar-refractivity contribution in [2.45, 2.75) is 54.2 Å². The van der Waals surface area contributed by atoms with Crippen molar-refractivity contribution in [2.24, 2.45) is 0 Å². The first-order chi connectivity index (χ1) is 15.0. The molecule has 0 nitrogen and oxygen atoms in total. The van der Waals surface area contributed by atoms with E-state index in [9.17, 15) is 13.2 Å². The van der Waals surface area contributed by atoms with E-state index in [1.165, 1.54) is 40.0 Å². The molecule has 0 N–H and O–H groups in total. The summed E-state index contributed by atoms with van der Waals surface area (Å²) in [6, 6.07) is 14.2. The SMILES string of the molecule is CC1=C(C)[CH]([Zr]([CH]2C=C(c3ccccc3C(F)(F)F)c3ccccc32)=[Si](C)C)C(C)=C1C. The van der Waals surface area contributed by atoms with Crippen molar-refractivity contribution in [1.29, 1.82) is 0 Å². The van der Waals surface area contributed by atoms with Crippen molar-refractivity contribution in [3.63, 3.8) is 0 Å². The molecule has 0 spiro atoms. The van der Waals surface area contributed by atoms with Gasteiger partial charge in [0.05, 0.1) is 0 Å². The molecule has 0 heterocycles. The number of allylic oxidation sites excluding steroid dienone is 5. The number of hydrogen-bond donors (Lipinski definition) is 0. The third kappa shape index (κ3) is 3.90.